The minimum atomic E-state index is 0.334. The van der Waals surface area contributed by atoms with Gasteiger partial charge in [-0.15, -0.1) is 0 Å². The zero-order valence-electron chi connectivity index (χ0n) is 13.9. The quantitative estimate of drug-likeness (QED) is 0.942. The monoisotopic (exact) mass is 299 g/mol. The SMILES string of the molecule is COc1ccc(C(C)NC2CCc3nc(C)cn3C2)cc1C. The van der Waals surface area contributed by atoms with Crippen LogP contribution in [0.15, 0.2) is 24.4 Å². The molecule has 0 bridgehead atoms. The number of benzene rings is 1. The summed E-state index contributed by atoms with van der Waals surface area (Å²) in [6.45, 7) is 7.40. The molecule has 0 aliphatic carbocycles. The molecule has 0 spiro atoms. The van der Waals surface area contributed by atoms with E-state index in [2.05, 4.69) is 60.0 Å². The zero-order valence-corrected chi connectivity index (χ0v) is 13.9. The van der Waals surface area contributed by atoms with Crippen LogP contribution < -0.4 is 10.1 Å². The predicted molar refractivity (Wildman–Crippen MR) is 88.4 cm³/mol. The van der Waals surface area contributed by atoms with E-state index in [1.807, 2.05) is 0 Å². The van der Waals surface area contributed by atoms with Crippen molar-refractivity contribution in [2.45, 2.75) is 52.2 Å². The lowest BCUT2D eigenvalue weighted by Crippen LogP contribution is -2.38. The highest BCUT2D eigenvalue weighted by Gasteiger charge is 2.21. The maximum absolute atomic E-state index is 5.34. The van der Waals surface area contributed by atoms with Crippen molar-refractivity contribution >= 4 is 0 Å². The first-order chi connectivity index (χ1) is 10.6. The van der Waals surface area contributed by atoms with Crippen LogP contribution in [0, 0.1) is 13.8 Å². The lowest BCUT2D eigenvalue weighted by atomic mass is 10.0. The maximum atomic E-state index is 5.34. The third-order valence-corrected chi connectivity index (χ3v) is 4.52. The molecule has 2 atom stereocenters. The minimum Gasteiger partial charge on any atom is -0.496 e. The molecule has 0 radical (unpaired) electrons. The molecule has 0 saturated heterocycles. The average molecular weight is 299 g/mol. The van der Waals surface area contributed by atoms with Crippen molar-refractivity contribution in [3.05, 3.63) is 47.0 Å². The van der Waals surface area contributed by atoms with Gasteiger partial charge in [0.05, 0.1) is 12.8 Å². The van der Waals surface area contributed by atoms with Gasteiger partial charge in [0.2, 0.25) is 0 Å². The topological polar surface area (TPSA) is 39.1 Å². The summed E-state index contributed by atoms with van der Waals surface area (Å²) in [6.07, 6.45) is 4.36. The number of hydrogen-bond acceptors (Lipinski definition) is 3. The largest absolute Gasteiger partial charge is 0.496 e. The van der Waals surface area contributed by atoms with Gasteiger partial charge in [-0.25, -0.2) is 4.98 Å². The Kier molecular flexibility index (Phi) is 4.21. The van der Waals surface area contributed by atoms with Crippen LogP contribution in [0.1, 0.15) is 42.0 Å². The first-order valence-electron chi connectivity index (χ1n) is 8.00. The molecule has 118 valence electrons. The Labute approximate surface area is 132 Å². The molecule has 1 aromatic carbocycles. The van der Waals surface area contributed by atoms with Crippen LogP contribution in [0.2, 0.25) is 0 Å². The van der Waals surface area contributed by atoms with E-state index in [0.717, 1.165) is 30.8 Å². The molecule has 1 aromatic heterocycles. The van der Waals surface area contributed by atoms with E-state index in [1.54, 1.807) is 7.11 Å². The molecule has 4 heteroatoms. The van der Waals surface area contributed by atoms with Crippen LogP contribution in [0.25, 0.3) is 0 Å². The minimum absolute atomic E-state index is 0.334. The Morgan fingerprint density at radius 3 is 2.91 bits per heavy atom. The highest BCUT2D eigenvalue weighted by Crippen LogP contribution is 2.24. The van der Waals surface area contributed by atoms with Crippen LogP contribution in [0.3, 0.4) is 0 Å². The van der Waals surface area contributed by atoms with E-state index in [1.165, 1.54) is 17.0 Å². The molecule has 22 heavy (non-hydrogen) atoms. The number of hydrogen-bond donors (Lipinski definition) is 1. The van der Waals surface area contributed by atoms with E-state index in [4.69, 9.17) is 4.74 Å². The number of rotatable bonds is 4. The first kappa shape index (κ1) is 15.1. The summed E-state index contributed by atoms with van der Waals surface area (Å²) in [7, 11) is 1.72. The van der Waals surface area contributed by atoms with Gasteiger partial charge in [0.1, 0.15) is 11.6 Å². The number of aryl methyl sites for hydroxylation is 3. The van der Waals surface area contributed by atoms with Gasteiger partial charge < -0.3 is 14.6 Å². The lowest BCUT2D eigenvalue weighted by Gasteiger charge is -2.28. The summed E-state index contributed by atoms with van der Waals surface area (Å²) in [5.41, 5.74) is 3.62. The molecule has 2 aromatic rings. The number of aromatic nitrogens is 2. The highest BCUT2D eigenvalue weighted by molar-refractivity contribution is 5.37. The molecule has 1 aliphatic rings. The summed E-state index contributed by atoms with van der Waals surface area (Å²) in [5.74, 6) is 2.18. The Morgan fingerprint density at radius 1 is 1.36 bits per heavy atom. The Balaban J connectivity index is 1.67. The number of methoxy groups -OCH3 is 1. The van der Waals surface area contributed by atoms with Crippen LogP contribution in [-0.2, 0) is 13.0 Å². The van der Waals surface area contributed by atoms with E-state index < -0.39 is 0 Å². The zero-order chi connectivity index (χ0) is 15.7. The molecule has 3 rings (SSSR count). The summed E-state index contributed by atoms with van der Waals surface area (Å²) in [6, 6.07) is 7.26. The van der Waals surface area contributed by atoms with E-state index in [0.29, 0.717) is 12.1 Å². The van der Waals surface area contributed by atoms with Crippen LogP contribution in [-0.4, -0.2) is 22.7 Å². The number of fused-ring (bicyclic) bond motifs is 1. The molecule has 0 amide bonds. The van der Waals surface area contributed by atoms with Crippen LogP contribution in [0.4, 0.5) is 0 Å². The summed E-state index contributed by atoms with van der Waals surface area (Å²) >= 11 is 0. The average Bonchev–Trinajstić information content (AvgIpc) is 2.86. The van der Waals surface area contributed by atoms with Crippen molar-refractivity contribution in [1.82, 2.24) is 14.9 Å². The standard InChI is InChI=1S/C18H25N3O/c1-12-9-15(5-7-17(12)22-4)14(3)20-16-6-8-18-19-13(2)10-21(18)11-16/h5,7,9-10,14,16,20H,6,8,11H2,1-4H3. The maximum Gasteiger partial charge on any atom is 0.121 e. The number of ether oxygens (including phenoxy) is 1. The van der Waals surface area contributed by atoms with Crippen LogP contribution >= 0.6 is 0 Å². The molecular formula is C18H25N3O. The van der Waals surface area contributed by atoms with Gasteiger partial charge in [-0.1, -0.05) is 12.1 Å². The van der Waals surface area contributed by atoms with Crippen molar-refractivity contribution in [3.63, 3.8) is 0 Å². The normalized spacial score (nSPS) is 18.8. The molecule has 0 fully saturated rings. The van der Waals surface area contributed by atoms with Crippen molar-refractivity contribution in [3.8, 4) is 5.75 Å². The van der Waals surface area contributed by atoms with Crippen LogP contribution in [0.5, 0.6) is 5.75 Å². The van der Waals surface area contributed by atoms with E-state index in [-0.39, 0.29) is 0 Å². The van der Waals surface area contributed by atoms with Crippen molar-refractivity contribution in [2.75, 3.05) is 7.11 Å². The molecule has 2 unspecified atom stereocenters. The highest BCUT2D eigenvalue weighted by atomic mass is 16.5. The predicted octanol–water partition coefficient (Wildman–Crippen LogP) is 3.17. The number of imidazole rings is 1. The number of nitrogens with one attached hydrogen (secondary N) is 1. The van der Waals surface area contributed by atoms with Gasteiger partial charge in [-0.05, 0) is 44.4 Å². The fourth-order valence-electron chi connectivity index (χ4n) is 3.34. The van der Waals surface area contributed by atoms with Gasteiger partial charge in [0, 0.05) is 31.2 Å². The second-order valence-electron chi connectivity index (χ2n) is 6.30. The van der Waals surface area contributed by atoms with Gasteiger partial charge in [-0.3, -0.25) is 0 Å². The first-order valence-corrected chi connectivity index (χ1v) is 8.00. The molecule has 4 nitrogen and oxygen atoms in total. The molecule has 0 saturated carbocycles. The Hall–Kier alpha value is -1.81. The fourth-order valence-corrected chi connectivity index (χ4v) is 3.34. The van der Waals surface area contributed by atoms with Gasteiger partial charge in [0.25, 0.3) is 0 Å². The van der Waals surface area contributed by atoms with E-state index in [9.17, 15) is 0 Å². The van der Waals surface area contributed by atoms with Gasteiger partial charge in [-0.2, -0.15) is 0 Å². The summed E-state index contributed by atoms with van der Waals surface area (Å²) in [4.78, 5) is 4.57. The van der Waals surface area contributed by atoms with Crippen molar-refractivity contribution < 1.29 is 4.74 Å². The summed E-state index contributed by atoms with van der Waals surface area (Å²) < 4.78 is 7.63. The number of nitrogens with zero attached hydrogens (tertiary/aromatic N) is 2. The molecule has 1 N–H and O–H groups in total. The Morgan fingerprint density at radius 2 is 2.18 bits per heavy atom. The van der Waals surface area contributed by atoms with Crippen molar-refractivity contribution in [1.29, 1.82) is 0 Å². The third kappa shape index (κ3) is 3.02. The van der Waals surface area contributed by atoms with Gasteiger partial charge >= 0.3 is 0 Å². The second kappa shape index (κ2) is 6.13. The lowest BCUT2D eigenvalue weighted by molar-refractivity contribution is 0.351. The molecular weight excluding hydrogens is 274 g/mol. The second-order valence-corrected chi connectivity index (χ2v) is 6.30. The van der Waals surface area contributed by atoms with Crippen molar-refractivity contribution in [2.24, 2.45) is 0 Å². The van der Waals surface area contributed by atoms with Gasteiger partial charge in [0.15, 0.2) is 0 Å². The molecule has 2 heterocycles. The summed E-state index contributed by atoms with van der Waals surface area (Å²) in [5, 5.41) is 3.76. The smallest absolute Gasteiger partial charge is 0.121 e. The third-order valence-electron chi connectivity index (χ3n) is 4.52. The fraction of sp³-hybridized carbons (Fsp3) is 0.500. The molecule has 1 aliphatic heterocycles. The van der Waals surface area contributed by atoms with E-state index >= 15 is 0 Å². The Bertz CT molecular complexity index is 662.